The van der Waals surface area contributed by atoms with Gasteiger partial charge in [-0.05, 0) is 71.8 Å². The number of hydrogen-bond acceptors (Lipinski definition) is 12. The van der Waals surface area contributed by atoms with Gasteiger partial charge in [0.25, 0.3) is 5.91 Å². The van der Waals surface area contributed by atoms with Gasteiger partial charge in [0, 0.05) is 49.6 Å². The Hall–Kier alpha value is -6.66. The summed E-state index contributed by atoms with van der Waals surface area (Å²) < 4.78 is 35.0. The quantitative estimate of drug-likeness (QED) is 0.0605. The van der Waals surface area contributed by atoms with Crippen molar-refractivity contribution in [3.63, 3.8) is 0 Å². The predicted octanol–water partition coefficient (Wildman–Crippen LogP) is 6.09. The van der Waals surface area contributed by atoms with Crippen LogP contribution in [0, 0.1) is 0 Å². The Morgan fingerprint density at radius 2 is 1.31 bits per heavy atom. The number of nitrogens with one attached hydrogen (secondary N) is 3. The third kappa shape index (κ3) is 14.2. The van der Waals surface area contributed by atoms with Gasteiger partial charge in [-0.15, -0.1) is 5.10 Å². The lowest BCUT2D eigenvalue weighted by Gasteiger charge is -2.24. The molecule has 0 spiro atoms. The molecule has 7 rings (SSSR count). The van der Waals surface area contributed by atoms with Gasteiger partial charge in [-0.25, -0.2) is 14.3 Å². The number of aromatic nitrogens is 3. The standard InChI is InChI=1S/C51H61N7O10/c1-51(2,3)68-50(62)57-31-38-9-8-10-39(44(38)33-57)32-58-34-46(55-56-58)36-15-17-37(18-16-36)48(60)53-21-20-52-47(59)19-23-63-25-27-65-29-30-66-28-26-64-24-22-54-49(61)67-35-45-42-13-6-4-11-40(42)41-12-5-7-14-43(41)45/h4-18,34,45H,19-33,35H2,1-3H3,(H,52,59)(H,53,60)(H,54,61). The van der Waals surface area contributed by atoms with Crippen LogP contribution in [0.5, 0.6) is 0 Å². The first-order chi connectivity index (χ1) is 33.0. The van der Waals surface area contributed by atoms with Crippen LogP contribution in [0.25, 0.3) is 22.4 Å². The Morgan fingerprint density at radius 1 is 0.676 bits per heavy atom. The Kier molecular flexibility index (Phi) is 17.7. The van der Waals surface area contributed by atoms with Crippen LogP contribution in [0.1, 0.15) is 71.3 Å². The number of carbonyl (C=O) groups is 4. The highest BCUT2D eigenvalue weighted by Gasteiger charge is 2.30. The second-order valence-corrected chi connectivity index (χ2v) is 17.3. The van der Waals surface area contributed by atoms with Gasteiger partial charge in [-0.1, -0.05) is 84.1 Å². The molecule has 2 aliphatic rings. The fraction of sp³-hybridized carbons (Fsp3) is 0.412. The van der Waals surface area contributed by atoms with Crippen molar-refractivity contribution < 1.29 is 47.6 Å². The van der Waals surface area contributed by atoms with Crippen molar-refractivity contribution in [1.82, 2.24) is 35.8 Å². The highest BCUT2D eigenvalue weighted by molar-refractivity contribution is 5.94. The Balaban J connectivity index is 0.656. The van der Waals surface area contributed by atoms with Crippen molar-refractivity contribution >= 4 is 24.0 Å². The van der Waals surface area contributed by atoms with Gasteiger partial charge < -0.3 is 44.4 Å². The minimum absolute atomic E-state index is 0.0141. The van der Waals surface area contributed by atoms with E-state index in [1.807, 2.05) is 81.6 Å². The molecule has 0 radical (unpaired) electrons. The number of rotatable bonds is 24. The molecule has 0 unspecified atom stereocenters. The first kappa shape index (κ1) is 49.3. The van der Waals surface area contributed by atoms with E-state index >= 15 is 0 Å². The topological polar surface area (TPSA) is 194 Å². The lowest BCUT2D eigenvalue weighted by molar-refractivity contribution is -0.122. The fourth-order valence-electron chi connectivity index (χ4n) is 7.94. The summed E-state index contributed by atoms with van der Waals surface area (Å²) in [4.78, 5) is 51.7. The second-order valence-electron chi connectivity index (χ2n) is 17.3. The molecule has 1 aromatic heterocycles. The molecule has 17 nitrogen and oxygen atoms in total. The average molecular weight is 932 g/mol. The molecule has 0 fully saturated rings. The molecule has 1 aliphatic heterocycles. The van der Waals surface area contributed by atoms with E-state index in [0.717, 1.165) is 22.3 Å². The molecule has 0 saturated heterocycles. The summed E-state index contributed by atoms with van der Waals surface area (Å²) >= 11 is 0. The van der Waals surface area contributed by atoms with Crippen LogP contribution in [0.2, 0.25) is 0 Å². The molecule has 360 valence electrons. The maximum absolute atomic E-state index is 12.8. The minimum Gasteiger partial charge on any atom is -0.449 e. The van der Waals surface area contributed by atoms with Crippen LogP contribution < -0.4 is 16.0 Å². The zero-order valence-corrected chi connectivity index (χ0v) is 39.0. The molecule has 4 aromatic carbocycles. The number of nitrogens with zero attached hydrogens (tertiary/aromatic N) is 4. The van der Waals surface area contributed by atoms with Gasteiger partial charge in [0.2, 0.25) is 5.91 Å². The first-order valence-electron chi connectivity index (χ1n) is 23.1. The van der Waals surface area contributed by atoms with Gasteiger partial charge in [-0.3, -0.25) is 14.5 Å². The van der Waals surface area contributed by atoms with E-state index in [9.17, 15) is 19.2 Å². The first-order valence-corrected chi connectivity index (χ1v) is 23.1. The molecule has 1 aliphatic carbocycles. The van der Waals surface area contributed by atoms with Gasteiger partial charge in [-0.2, -0.15) is 0 Å². The van der Waals surface area contributed by atoms with E-state index in [1.54, 1.807) is 21.7 Å². The van der Waals surface area contributed by atoms with E-state index < -0.39 is 11.7 Å². The summed E-state index contributed by atoms with van der Waals surface area (Å²) in [6.07, 6.45) is 1.23. The molecule has 5 aromatic rings. The van der Waals surface area contributed by atoms with Crippen molar-refractivity contribution in [2.45, 2.75) is 58.3 Å². The van der Waals surface area contributed by atoms with Crippen LogP contribution >= 0.6 is 0 Å². The van der Waals surface area contributed by atoms with E-state index in [4.69, 9.17) is 28.4 Å². The van der Waals surface area contributed by atoms with E-state index in [2.05, 4.69) is 50.5 Å². The number of benzene rings is 4. The number of alkyl carbamates (subject to hydrolysis) is 1. The van der Waals surface area contributed by atoms with Crippen molar-refractivity contribution in [2.75, 3.05) is 79.1 Å². The third-order valence-corrected chi connectivity index (χ3v) is 11.2. The maximum Gasteiger partial charge on any atom is 0.410 e. The molecular formula is C51H61N7O10. The summed E-state index contributed by atoms with van der Waals surface area (Å²) in [5.41, 5.74) is 9.34. The monoisotopic (exact) mass is 931 g/mol. The highest BCUT2D eigenvalue weighted by Crippen LogP contribution is 2.44. The van der Waals surface area contributed by atoms with E-state index in [1.165, 1.54) is 22.3 Å². The number of hydrogen-bond donors (Lipinski definition) is 3. The fourth-order valence-corrected chi connectivity index (χ4v) is 7.94. The van der Waals surface area contributed by atoms with Gasteiger partial charge in [0.1, 0.15) is 17.9 Å². The molecular weight excluding hydrogens is 871 g/mol. The predicted molar refractivity (Wildman–Crippen MR) is 253 cm³/mol. The van der Waals surface area contributed by atoms with Gasteiger partial charge >= 0.3 is 12.2 Å². The van der Waals surface area contributed by atoms with Gasteiger partial charge in [0.15, 0.2) is 0 Å². The normalized spacial score (nSPS) is 12.8. The number of fused-ring (bicyclic) bond motifs is 4. The lowest BCUT2D eigenvalue weighted by atomic mass is 9.98. The van der Waals surface area contributed by atoms with Gasteiger partial charge in [0.05, 0.1) is 72.1 Å². The molecule has 3 N–H and O–H groups in total. The van der Waals surface area contributed by atoms with Crippen molar-refractivity contribution in [3.05, 3.63) is 131 Å². The molecule has 68 heavy (non-hydrogen) atoms. The van der Waals surface area contributed by atoms with Crippen LogP contribution in [0.3, 0.4) is 0 Å². The van der Waals surface area contributed by atoms with Crippen LogP contribution in [0.15, 0.2) is 97.2 Å². The molecule has 0 atom stereocenters. The second kappa shape index (κ2) is 24.4. The van der Waals surface area contributed by atoms with E-state index in [-0.39, 0.29) is 56.5 Å². The Morgan fingerprint density at radius 3 is 1.99 bits per heavy atom. The molecule has 4 amide bonds. The zero-order valence-electron chi connectivity index (χ0n) is 39.0. The zero-order chi connectivity index (χ0) is 47.7. The van der Waals surface area contributed by atoms with Crippen LogP contribution in [-0.2, 0) is 52.8 Å². The number of carbonyl (C=O) groups excluding carboxylic acids is 4. The summed E-state index contributed by atoms with van der Waals surface area (Å²) in [6.45, 7) is 11.0. The lowest BCUT2D eigenvalue weighted by Crippen LogP contribution is -2.35. The summed E-state index contributed by atoms with van der Waals surface area (Å²) in [6, 6.07) is 29.6. The van der Waals surface area contributed by atoms with Crippen molar-refractivity contribution in [1.29, 1.82) is 0 Å². The SMILES string of the molecule is CC(C)(C)OC(=O)N1Cc2cccc(Cn3cc(-c4ccc(C(=O)NCCNC(=O)CCOCCOCCOCCOCCNC(=O)OCC5c6ccccc6-c6ccccc65)cc4)nn3)c2C1. The van der Waals surface area contributed by atoms with Crippen molar-refractivity contribution in [3.8, 4) is 22.4 Å². The largest absolute Gasteiger partial charge is 0.449 e. The maximum atomic E-state index is 12.8. The summed E-state index contributed by atoms with van der Waals surface area (Å²) in [5.74, 6) is -0.423. The highest BCUT2D eigenvalue weighted by atomic mass is 16.6. The number of ether oxygens (including phenoxy) is 6. The van der Waals surface area contributed by atoms with Crippen LogP contribution in [0.4, 0.5) is 9.59 Å². The Labute approximate surface area is 396 Å². The molecule has 0 saturated carbocycles. The Bertz CT molecular complexity index is 2420. The molecule has 2 heterocycles. The average Bonchev–Trinajstić information content (AvgIpc) is 4.07. The third-order valence-electron chi connectivity index (χ3n) is 11.2. The summed E-state index contributed by atoms with van der Waals surface area (Å²) in [7, 11) is 0. The minimum atomic E-state index is -0.565. The molecule has 17 heteroatoms. The summed E-state index contributed by atoms with van der Waals surface area (Å²) in [5, 5.41) is 17.0. The van der Waals surface area contributed by atoms with E-state index in [0.29, 0.717) is 83.7 Å². The van der Waals surface area contributed by atoms with Crippen molar-refractivity contribution in [2.24, 2.45) is 0 Å². The number of amides is 4. The smallest absolute Gasteiger partial charge is 0.410 e. The molecule has 0 bridgehead atoms. The van der Waals surface area contributed by atoms with Crippen LogP contribution in [-0.4, -0.2) is 129 Å².